The fraction of sp³-hybridized carbons (Fsp3) is 0.130. The molecule has 0 unspecified atom stereocenters. The summed E-state index contributed by atoms with van der Waals surface area (Å²) in [5.41, 5.74) is 1.60. The maximum absolute atomic E-state index is 13.8. The number of aliphatic carboxylic acids is 1. The summed E-state index contributed by atoms with van der Waals surface area (Å²) >= 11 is 0.945. The number of nitrogens with zero attached hydrogens (tertiary/aromatic N) is 1. The van der Waals surface area contributed by atoms with Crippen LogP contribution in [0, 0.1) is 17.5 Å². The van der Waals surface area contributed by atoms with E-state index in [0.29, 0.717) is 17.9 Å². The normalized spacial score (nSPS) is 10.7. The Bertz CT molecular complexity index is 1070. The molecular weight excluding hydrogens is 450 g/mol. The molecule has 1 aromatic heterocycles. The minimum atomic E-state index is -1.40. The summed E-state index contributed by atoms with van der Waals surface area (Å²) in [5.74, 6) is -2.55. The fourth-order valence-electron chi connectivity index (χ4n) is 2.67. The van der Waals surface area contributed by atoms with Crippen molar-refractivity contribution in [2.75, 3.05) is 6.61 Å². The van der Waals surface area contributed by atoms with E-state index in [1.165, 1.54) is 36.4 Å². The maximum atomic E-state index is 13.8. The van der Waals surface area contributed by atoms with Crippen LogP contribution in [0.15, 0.2) is 65.6 Å². The van der Waals surface area contributed by atoms with E-state index in [4.69, 9.17) is 4.74 Å². The summed E-state index contributed by atoms with van der Waals surface area (Å²) in [7, 11) is 0. The molecule has 9 heteroatoms. The Kier molecular flexibility index (Phi) is 10.3. The minimum absolute atomic E-state index is 0. The number of thioether (sulfide) groups is 1. The Labute approximate surface area is 209 Å². The van der Waals surface area contributed by atoms with Crippen LogP contribution in [0.1, 0.15) is 17.0 Å². The van der Waals surface area contributed by atoms with Crippen molar-refractivity contribution in [2.24, 2.45) is 0 Å². The van der Waals surface area contributed by atoms with Crippen LogP contribution < -0.4 is 39.4 Å². The first-order valence-electron chi connectivity index (χ1n) is 9.25. The topological polar surface area (TPSA) is 62.2 Å². The Morgan fingerprint density at radius 1 is 1.03 bits per heavy atom. The molecule has 0 spiro atoms. The van der Waals surface area contributed by atoms with Crippen molar-refractivity contribution < 1.29 is 57.4 Å². The van der Waals surface area contributed by atoms with Gasteiger partial charge in [0.2, 0.25) is 0 Å². The second-order valence-electron chi connectivity index (χ2n) is 6.40. The number of pyridine rings is 1. The molecular formula is C23H17F3NNaO3S. The van der Waals surface area contributed by atoms with E-state index in [-0.39, 0.29) is 58.3 Å². The zero-order chi connectivity index (χ0) is 22.2. The number of aromatic nitrogens is 1. The number of carboxylic acids is 1. The Morgan fingerprint density at radius 3 is 2.38 bits per heavy atom. The summed E-state index contributed by atoms with van der Waals surface area (Å²) in [6, 6.07) is 12.9. The molecule has 0 saturated carbocycles. The zero-order valence-electron chi connectivity index (χ0n) is 17.2. The van der Waals surface area contributed by atoms with Gasteiger partial charge in [0.25, 0.3) is 0 Å². The van der Waals surface area contributed by atoms with Gasteiger partial charge in [-0.25, -0.2) is 18.2 Å². The van der Waals surface area contributed by atoms with Crippen LogP contribution in [0.3, 0.4) is 0 Å². The average Bonchev–Trinajstić information content (AvgIpc) is 2.74. The number of rotatable bonds is 9. The van der Waals surface area contributed by atoms with E-state index in [0.717, 1.165) is 23.4 Å². The van der Waals surface area contributed by atoms with Gasteiger partial charge in [-0.05, 0) is 54.1 Å². The minimum Gasteiger partial charge on any atom is -0.545 e. The molecule has 0 aliphatic rings. The largest absolute Gasteiger partial charge is 1.00 e. The van der Waals surface area contributed by atoms with E-state index < -0.39 is 17.6 Å². The molecule has 3 rings (SSSR count). The molecule has 32 heavy (non-hydrogen) atoms. The van der Waals surface area contributed by atoms with Crippen molar-refractivity contribution in [1.29, 1.82) is 0 Å². The van der Waals surface area contributed by atoms with Gasteiger partial charge < -0.3 is 14.6 Å². The molecule has 0 radical (unpaired) electrons. The van der Waals surface area contributed by atoms with E-state index in [1.807, 2.05) is 0 Å². The van der Waals surface area contributed by atoms with Crippen molar-refractivity contribution in [3.05, 3.63) is 95.1 Å². The average molecular weight is 467 g/mol. The fourth-order valence-corrected chi connectivity index (χ4v) is 3.53. The van der Waals surface area contributed by atoms with Crippen LogP contribution in [0.5, 0.6) is 5.75 Å². The Morgan fingerprint density at radius 2 is 1.72 bits per heavy atom. The summed E-state index contributed by atoms with van der Waals surface area (Å²) in [5, 5.41) is 10.8. The van der Waals surface area contributed by atoms with Gasteiger partial charge in [0.15, 0.2) is 0 Å². The molecule has 4 nitrogen and oxygen atoms in total. The monoisotopic (exact) mass is 467 g/mol. The van der Waals surface area contributed by atoms with Gasteiger partial charge in [-0.1, -0.05) is 18.2 Å². The van der Waals surface area contributed by atoms with Gasteiger partial charge >= 0.3 is 29.6 Å². The predicted octanol–water partition coefficient (Wildman–Crippen LogP) is 1.18. The van der Waals surface area contributed by atoms with Crippen molar-refractivity contribution in [3.63, 3.8) is 0 Å². The molecule has 0 N–H and O–H groups in total. The Hall–Kier alpha value is -2.26. The number of halogens is 3. The van der Waals surface area contributed by atoms with Crippen molar-refractivity contribution in [1.82, 2.24) is 4.98 Å². The summed E-state index contributed by atoms with van der Waals surface area (Å²) in [4.78, 5) is 15.0. The third kappa shape index (κ3) is 7.70. The van der Waals surface area contributed by atoms with E-state index >= 15 is 0 Å². The van der Waals surface area contributed by atoms with Gasteiger partial charge in [0.05, 0.1) is 23.2 Å². The third-order valence-corrected chi connectivity index (χ3v) is 5.28. The second kappa shape index (κ2) is 12.7. The molecule has 0 aliphatic carbocycles. The van der Waals surface area contributed by atoms with Crippen LogP contribution >= 0.6 is 11.8 Å². The molecule has 0 saturated heterocycles. The summed E-state index contributed by atoms with van der Waals surface area (Å²) in [6.45, 7) is 0.258. The molecule has 0 amide bonds. The third-order valence-electron chi connectivity index (χ3n) is 4.17. The SMILES string of the molecule is O=C([O-])/C=C/c1nc(CSc2c(F)cccc2F)ccc1OCCc1ccc(F)cc1.[Na+]. The van der Waals surface area contributed by atoms with Crippen molar-refractivity contribution >= 4 is 23.8 Å². The van der Waals surface area contributed by atoms with Gasteiger partial charge in [-0.3, -0.25) is 0 Å². The first-order chi connectivity index (χ1) is 14.9. The predicted molar refractivity (Wildman–Crippen MR) is 110 cm³/mol. The number of hydrogen-bond donors (Lipinski definition) is 0. The quantitative estimate of drug-likeness (QED) is 0.269. The first kappa shape index (κ1) is 26.0. The van der Waals surface area contributed by atoms with E-state index in [9.17, 15) is 23.1 Å². The molecule has 1 heterocycles. The number of carbonyl (C=O) groups excluding carboxylic acids is 1. The Balaban J connectivity index is 0.00000363. The molecule has 0 bridgehead atoms. The standard InChI is InChI=1S/C23H18F3NO3S.Na/c24-16-6-4-15(5-7-16)12-13-30-21-10-8-17(27-20(21)9-11-22(28)29)14-31-23-18(25)2-1-3-19(23)26;/h1-11H,12-14H2,(H,28,29);/q;+1/p-1/b11-9+;. The smallest absolute Gasteiger partial charge is 0.545 e. The zero-order valence-corrected chi connectivity index (χ0v) is 20.0. The van der Waals surface area contributed by atoms with Crippen LogP contribution in [-0.2, 0) is 17.0 Å². The van der Waals surface area contributed by atoms with Gasteiger partial charge in [0.1, 0.15) is 28.9 Å². The molecule has 0 aliphatic heterocycles. The van der Waals surface area contributed by atoms with Crippen molar-refractivity contribution in [2.45, 2.75) is 17.1 Å². The van der Waals surface area contributed by atoms with Gasteiger partial charge in [0, 0.05) is 12.2 Å². The van der Waals surface area contributed by atoms with Crippen molar-refractivity contribution in [3.8, 4) is 5.75 Å². The molecule has 0 atom stereocenters. The second-order valence-corrected chi connectivity index (χ2v) is 7.39. The van der Waals surface area contributed by atoms with Gasteiger partial charge in [-0.15, -0.1) is 11.8 Å². The summed E-state index contributed by atoms with van der Waals surface area (Å²) < 4.78 is 46.3. The van der Waals surface area contributed by atoms with Crippen LogP contribution in [0.2, 0.25) is 0 Å². The van der Waals surface area contributed by atoms with Gasteiger partial charge in [-0.2, -0.15) is 0 Å². The number of carbonyl (C=O) groups is 1. The summed E-state index contributed by atoms with van der Waals surface area (Å²) in [6.07, 6.45) is 2.57. The molecule has 2 aromatic carbocycles. The maximum Gasteiger partial charge on any atom is 1.00 e. The van der Waals surface area contributed by atoms with Crippen LogP contribution in [0.4, 0.5) is 13.2 Å². The number of carboxylic acid groups (broad SMARTS) is 1. The first-order valence-corrected chi connectivity index (χ1v) is 10.2. The number of hydrogen-bond acceptors (Lipinski definition) is 5. The van der Waals surface area contributed by atoms with Crippen LogP contribution in [0.25, 0.3) is 6.08 Å². The number of benzene rings is 2. The molecule has 3 aromatic rings. The van der Waals surface area contributed by atoms with E-state index in [2.05, 4.69) is 4.98 Å². The van der Waals surface area contributed by atoms with E-state index in [1.54, 1.807) is 24.3 Å². The molecule has 160 valence electrons. The molecule has 0 fully saturated rings. The number of ether oxygens (including phenoxy) is 1. The van der Waals surface area contributed by atoms with Crippen LogP contribution in [-0.4, -0.2) is 17.6 Å².